The van der Waals surface area contributed by atoms with Gasteiger partial charge in [-0.2, -0.15) is 0 Å². The van der Waals surface area contributed by atoms with Gasteiger partial charge in [-0.1, -0.05) is 44.2 Å². The highest BCUT2D eigenvalue weighted by Gasteiger charge is 2.48. The fraction of sp³-hybridized carbons (Fsp3) is 0.316. The van der Waals surface area contributed by atoms with E-state index in [-0.39, 0.29) is 23.1 Å². The van der Waals surface area contributed by atoms with E-state index in [1.165, 1.54) is 6.07 Å². The van der Waals surface area contributed by atoms with Crippen LogP contribution in [0, 0.1) is 22.5 Å². The lowest BCUT2D eigenvalue weighted by Crippen LogP contribution is -2.57. The van der Waals surface area contributed by atoms with Gasteiger partial charge in [-0.05, 0) is 24.6 Å². The van der Waals surface area contributed by atoms with E-state index in [0.717, 1.165) is 5.56 Å². The quantitative estimate of drug-likeness (QED) is 0.630. The molecule has 0 N–H and O–H groups in total. The molecule has 5 heteroatoms. The number of rotatable bonds is 3. The molecule has 0 radical (unpaired) electrons. The number of nitrogens with zero attached hydrogens (tertiary/aromatic N) is 2. The van der Waals surface area contributed by atoms with Crippen molar-refractivity contribution in [3.8, 4) is 0 Å². The monoisotopic (exact) mass is 324 g/mol. The Bertz CT molecular complexity index is 800. The highest BCUT2D eigenvalue weighted by Crippen LogP contribution is 2.48. The number of amides is 1. The number of benzene rings is 2. The standard InChI is InChI=1S/C19H20N2O3/c1-13-11-15(9-10-16(13)21(23)24)18(22)20-12-19(2,3)17(20)14-7-5-4-6-8-14/h4-11,17H,12H2,1-3H3/t17-/m0/s1. The van der Waals surface area contributed by atoms with Crippen molar-refractivity contribution in [3.05, 3.63) is 75.3 Å². The number of nitro groups is 1. The second-order valence-corrected chi connectivity index (χ2v) is 6.99. The molecule has 0 saturated carbocycles. The third kappa shape index (κ3) is 2.66. The molecule has 0 aromatic heterocycles. The summed E-state index contributed by atoms with van der Waals surface area (Å²) < 4.78 is 0. The Morgan fingerprint density at radius 2 is 1.88 bits per heavy atom. The van der Waals surface area contributed by atoms with Gasteiger partial charge in [0.25, 0.3) is 11.6 Å². The van der Waals surface area contributed by atoms with E-state index in [4.69, 9.17) is 0 Å². The van der Waals surface area contributed by atoms with E-state index in [0.29, 0.717) is 17.7 Å². The van der Waals surface area contributed by atoms with Crippen molar-refractivity contribution in [1.29, 1.82) is 0 Å². The van der Waals surface area contributed by atoms with Crippen molar-refractivity contribution in [2.45, 2.75) is 26.8 Å². The smallest absolute Gasteiger partial charge is 0.272 e. The summed E-state index contributed by atoms with van der Waals surface area (Å²) >= 11 is 0. The molecule has 1 fully saturated rings. The van der Waals surface area contributed by atoms with E-state index >= 15 is 0 Å². The Balaban J connectivity index is 1.90. The van der Waals surface area contributed by atoms with Crippen LogP contribution in [-0.4, -0.2) is 22.3 Å². The normalized spacial score (nSPS) is 18.8. The average Bonchev–Trinajstić information content (AvgIpc) is 2.52. The summed E-state index contributed by atoms with van der Waals surface area (Å²) in [4.78, 5) is 25.2. The molecule has 24 heavy (non-hydrogen) atoms. The molecule has 1 atom stereocenters. The summed E-state index contributed by atoms with van der Waals surface area (Å²) in [7, 11) is 0. The van der Waals surface area contributed by atoms with Crippen LogP contribution in [0.3, 0.4) is 0 Å². The van der Waals surface area contributed by atoms with Crippen molar-refractivity contribution in [1.82, 2.24) is 4.90 Å². The predicted molar refractivity (Wildman–Crippen MR) is 91.8 cm³/mol. The van der Waals surface area contributed by atoms with Gasteiger partial charge in [0.1, 0.15) is 0 Å². The lowest BCUT2D eigenvalue weighted by Gasteiger charge is -2.54. The van der Waals surface area contributed by atoms with Gasteiger partial charge in [0.05, 0.1) is 11.0 Å². The summed E-state index contributed by atoms with van der Waals surface area (Å²) in [6.45, 7) is 6.62. The summed E-state index contributed by atoms with van der Waals surface area (Å²) in [5.41, 5.74) is 2.15. The van der Waals surface area contributed by atoms with Crippen LogP contribution in [-0.2, 0) is 0 Å². The molecule has 1 saturated heterocycles. The molecule has 3 rings (SSSR count). The van der Waals surface area contributed by atoms with E-state index in [1.807, 2.05) is 35.2 Å². The minimum absolute atomic E-state index is 0.00678. The molecule has 5 nitrogen and oxygen atoms in total. The molecule has 1 aliphatic heterocycles. The topological polar surface area (TPSA) is 63.5 Å². The van der Waals surface area contributed by atoms with Crippen molar-refractivity contribution in [2.24, 2.45) is 5.41 Å². The first kappa shape index (κ1) is 16.2. The summed E-state index contributed by atoms with van der Waals surface area (Å²) in [6.07, 6.45) is 0. The zero-order valence-corrected chi connectivity index (χ0v) is 14.0. The van der Waals surface area contributed by atoms with Crippen molar-refractivity contribution >= 4 is 11.6 Å². The van der Waals surface area contributed by atoms with Gasteiger partial charge >= 0.3 is 0 Å². The largest absolute Gasteiger partial charge is 0.330 e. The number of nitro benzene ring substituents is 1. The molecule has 124 valence electrons. The minimum atomic E-state index is -0.427. The highest BCUT2D eigenvalue weighted by molar-refractivity contribution is 5.95. The predicted octanol–water partition coefficient (Wildman–Crippen LogP) is 4.13. The number of carbonyl (C=O) groups excluding carboxylic acids is 1. The summed E-state index contributed by atoms with van der Waals surface area (Å²) in [6, 6.07) is 14.5. The molecule has 2 aromatic carbocycles. The Labute approximate surface area is 141 Å². The lowest BCUT2D eigenvalue weighted by atomic mass is 9.71. The molecule has 1 aliphatic rings. The second kappa shape index (κ2) is 5.74. The van der Waals surface area contributed by atoms with Gasteiger partial charge in [-0.3, -0.25) is 14.9 Å². The first-order valence-electron chi connectivity index (χ1n) is 7.92. The Morgan fingerprint density at radius 3 is 2.42 bits per heavy atom. The van der Waals surface area contributed by atoms with Gasteiger partial charge in [0.2, 0.25) is 0 Å². The Hall–Kier alpha value is -2.69. The third-order valence-electron chi connectivity index (χ3n) is 4.65. The fourth-order valence-corrected chi connectivity index (χ4v) is 3.54. The zero-order valence-electron chi connectivity index (χ0n) is 14.0. The van der Waals surface area contributed by atoms with Crippen LogP contribution in [0.1, 0.15) is 41.4 Å². The first-order valence-corrected chi connectivity index (χ1v) is 7.92. The number of likely N-dealkylation sites (tertiary alicyclic amines) is 1. The van der Waals surface area contributed by atoms with Gasteiger partial charge in [-0.15, -0.1) is 0 Å². The lowest BCUT2D eigenvalue weighted by molar-refractivity contribution is -0.385. The molecular formula is C19H20N2O3. The van der Waals surface area contributed by atoms with Crippen LogP contribution in [0.15, 0.2) is 48.5 Å². The van der Waals surface area contributed by atoms with Gasteiger partial charge in [-0.25, -0.2) is 0 Å². The molecule has 0 bridgehead atoms. The fourth-order valence-electron chi connectivity index (χ4n) is 3.54. The number of carbonyl (C=O) groups is 1. The van der Waals surface area contributed by atoms with Crippen LogP contribution in [0.25, 0.3) is 0 Å². The van der Waals surface area contributed by atoms with Crippen LogP contribution in [0.2, 0.25) is 0 Å². The van der Waals surface area contributed by atoms with Crippen molar-refractivity contribution in [2.75, 3.05) is 6.54 Å². The molecule has 1 amide bonds. The van der Waals surface area contributed by atoms with Crippen molar-refractivity contribution in [3.63, 3.8) is 0 Å². The first-order chi connectivity index (χ1) is 11.3. The Kier molecular flexibility index (Phi) is 3.87. The van der Waals surface area contributed by atoms with E-state index in [9.17, 15) is 14.9 Å². The zero-order chi connectivity index (χ0) is 17.5. The Morgan fingerprint density at radius 1 is 1.21 bits per heavy atom. The molecule has 2 aromatic rings. The van der Waals surface area contributed by atoms with E-state index in [2.05, 4.69) is 13.8 Å². The summed E-state index contributed by atoms with van der Waals surface area (Å²) in [5, 5.41) is 10.9. The van der Waals surface area contributed by atoms with E-state index in [1.54, 1.807) is 19.1 Å². The summed E-state index contributed by atoms with van der Waals surface area (Å²) in [5.74, 6) is -0.0822. The minimum Gasteiger partial charge on any atom is -0.330 e. The molecular weight excluding hydrogens is 304 g/mol. The molecule has 0 aliphatic carbocycles. The maximum atomic E-state index is 12.9. The van der Waals surface area contributed by atoms with Crippen LogP contribution in [0.5, 0.6) is 0 Å². The number of aryl methyl sites for hydroxylation is 1. The van der Waals surface area contributed by atoms with E-state index < -0.39 is 4.92 Å². The molecule has 0 unspecified atom stereocenters. The maximum absolute atomic E-state index is 12.9. The highest BCUT2D eigenvalue weighted by atomic mass is 16.6. The maximum Gasteiger partial charge on any atom is 0.272 e. The molecule has 0 spiro atoms. The SMILES string of the molecule is Cc1cc(C(=O)N2CC(C)(C)[C@@H]2c2ccccc2)ccc1[N+](=O)[O-]. The second-order valence-electron chi connectivity index (χ2n) is 6.99. The van der Waals surface area contributed by atoms with Crippen LogP contribution in [0.4, 0.5) is 5.69 Å². The van der Waals surface area contributed by atoms with Crippen LogP contribution < -0.4 is 0 Å². The van der Waals surface area contributed by atoms with Crippen LogP contribution >= 0.6 is 0 Å². The average molecular weight is 324 g/mol. The third-order valence-corrected chi connectivity index (χ3v) is 4.65. The molecule has 1 heterocycles. The number of hydrogen-bond donors (Lipinski definition) is 0. The van der Waals surface area contributed by atoms with Gasteiger partial charge in [0.15, 0.2) is 0 Å². The van der Waals surface area contributed by atoms with Gasteiger partial charge in [0, 0.05) is 29.2 Å². The number of hydrogen-bond acceptors (Lipinski definition) is 3. The van der Waals surface area contributed by atoms with Gasteiger partial charge < -0.3 is 4.90 Å². The van der Waals surface area contributed by atoms with Crippen molar-refractivity contribution < 1.29 is 9.72 Å².